The van der Waals surface area contributed by atoms with Gasteiger partial charge in [-0.15, -0.1) is 0 Å². The number of nitrogen functional groups attached to an aromatic ring is 1. The molecule has 0 radical (unpaired) electrons. The third-order valence-corrected chi connectivity index (χ3v) is 7.54. The Balaban J connectivity index is 1.55. The molecule has 0 saturated carbocycles. The SMILES string of the molecule is COc1cc(OC)c(Cl)c(N2Cc3cnc(Nc4ccccc4NC(=O)OC(C)(C)C)nc3N(Cc3cccc(N)c3)C2=O)c1Cl. The van der Waals surface area contributed by atoms with Gasteiger partial charge < -0.3 is 25.3 Å². The first-order valence-electron chi connectivity index (χ1n) is 14.1. The first-order chi connectivity index (χ1) is 21.9. The van der Waals surface area contributed by atoms with Crippen LogP contribution in [0.1, 0.15) is 31.9 Å². The van der Waals surface area contributed by atoms with Gasteiger partial charge in [0.2, 0.25) is 5.95 Å². The third-order valence-electron chi connectivity index (χ3n) is 6.81. The van der Waals surface area contributed by atoms with Gasteiger partial charge in [0.25, 0.3) is 0 Å². The van der Waals surface area contributed by atoms with Crippen LogP contribution in [0.15, 0.2) is 60.8 Å². The summed E-state index contributed by atoms with van der Waals surface area (Å²) in [5.41, 5.74) is 8.49. The number of hydrogen-bond donors (Lipinski definition) is 3. The molecule has 46 heavy (non-hydrogen) atoms. The largest absolute Gasteiger partial charge is 0.495 e. The van der Waals surface area contributed by atoms with Gasteiger partial charge in [-0.2, -0.15) is 4.98 Å². The molecule has 1 aromatic heterocycles. The summed E-state index contributed by atoms with van der Waals surface area (Å²) in [4.78, 5) is 39.0. The van der Waals surface area contributed by atoms with Gasteiger partial charge in [0.1, 0.15) is 33.0 Å². The molecule has 14 heteroatoms. The minimum Gasteiger partial charge on any atom is -0.495 e. The Morgan fingerprint density at radius 3 is 2.30 bits per heavy atom. The molecule has 3 aromatic carbocycles. The van der Waals surface area contributed by atoms with Gasteiger partial charge in [-0.1, -0.05) is 47.5 Å². The molecule has 5 rings (SSSR count). The van der Waals surface area contributed by atoms with Crippen LogP contribution in [0.4, 0.5) is 44.1 Å². The number of methoxy groups -OCH3 is 2. The van der Waals surface area contributed by atoms with Crippen molar-refractivity contribution in [1.82, 2.24) is 9.97 Å². The van der Waals surface area contributed by atoms with Gasteiger partial charge in [0.15, 0.2) is 0 Å². The number of nitrogens with zero attached hydrogens (tertiary/aromatic N) is 4. The van der Waals surface area contributed by atoms with E-state index >= 15 is 0 Å². The number of nitrogens with one attached hydrogen (secondary N) is 2. The summed E-state index contributed by atoms with van der Waals surface area (Å²) in [5, 5.41) is 6.18. The van der Waals surface area contributed by atoms with Crippen LogP contribution in [0.3, 0.4) is 0 Å². The lowest BCUT2D eigenvalue weighted by atomic mass is 10.1. The van der Waals surface area contributed by atoms with Crippen LogP contribution >= 0.6 is 23.2 Å². The summed E-state index contributed by atoms with van der Waals surface area (Å²) >= 11 is 13.5. The van der Waals surface area contributed by atoms with E-state index in [2.05, 4.69) is 15.6 Å². The number of ether oxygens (including phenoxy) is 3. The number of carbonyl (C=O) groups excluding carboxylic acids is 2. The van der Waals surface area contributed by atoms with Crippen LogP contribution < -0.4 is 35.6 Å². The Labute approximate surface area is 276 Å². The van der Waals surface area contributed by atoms with E-state index in [1.54, 1.807) is 75.5 Å². The number of benzene rings is 3. The Morgan fingerprint density at radius 2 is 1.67 bits per heavy atom. The Kier molecular flexibility index (Phi) is 9.31. The Hall–Kier alpha value is -4.94. The Bertz CT molecular complexity index is 1770. The van der Waals surface area contributed by atoms with Crippen LogP contribution in [-0.2, 0) is 17.8 Å². The second-order valence-electron chi connectivity index (χ2n) is 11.3. The van der Waals surface area contributed by atoms with E-state index in [1.807, 2.05) is 6.07 Å². The fourth-order valence-electron chi connectivity index (χ4n) is 4.81. The summed E-state index contributed by atoms with van der Waals surface area (Å²) in [7, 11) is 2.92. The van der Waals surface area contributed by atoms with Gasteiger partial charge >= 0.3 is 12.1 Å². The molecule has 4 N–H and O–H groups in total. The fourth-order valence-corrected chi connectivity index (χ4v) is 5.52. The molecule has 1 aliphatic heterocycles. The van der Waals surface area contributed by atoms with Crippen molar-refractivity contribution in [1.29, 1.82) is 0 Å². The first kappa shape index (κ1) is 32.5. The number of aromatic nitrogens is 2. The van der Waals surface area contributed by atoms with E-state index in [0.29, 0.717) is 28.4 Å². The molecule has 0 atom stereocenters. The maximum Gasteiger partial charge on any atom is 0.412 e. The number of anilines is 6. The summed E-state index contributed by atoms with van der Waals surface area (Å²) in [6.45, 7) is 5.51. The lowest BCUT2D eigenvalue weighted by Crippen LogP contribution is -2.48. The average Bonchev–Trinajstić information content (AvgIpc) is 2.99. The maximum atomic E-state index is 14.3. The summed E-state index contributed by atoms with van der Waals surface area (Å²) in [5.74, 6) is 1.12. The first-order valence-corrected chi connectivity index (χ1v) is 14.9. The maximum absolute atomic E-state index is 14.3. The van der Waals surface area contributed by atoms with E-state index < -0.39 is 17.7 Å². The number of halogens is 2. The highest BCUT2D eigenvalue weighted by molar-refractivity contribution is 6.42. The molecule has 0 saturated heterocycles. The van der Waals surface area contributed by atoms with Crippen molar-refractivity contribution >= 4 is 69.8 Å². The fraction of sp³-hybridized carbons (Fsp3) is 0.250. The number of urea groups is 1. The average molecular weight is 667 g/mol. The second kappa shape index (κ2) is 13.2. The zero-order chi connectivity index (χ0) is 33.2. The van der Waals surface area contributed by atoms with Crippen LogP contribution in [-0.4, -0.2) is 41.9 Å². The van der Waals surface area contributed by atoms with Crippen molar-refractivity contribution < 1.29 is 23.8 Å². The molecule has 0 spiro atoms. The van der Waals surface area contributed by atoms with Gasteiger partial charge in [-0.25, -0.2) is 14.6 Å². The number of hydrogen-bond acceptors (Lipinski definition) is 9. The van der Waals surface area contributed by atoms with Gasteiger partial charge in [0, 0.05) is 23.5 Å². The van der Waals surface area contributed by atoms with Crippen molar-refractivity contribution in [2.45, 2.75) is 39.5 Å². The van der Waals surface area contributed by atoms with Gasteiger partial charge in [-0.3, -0.25) is 15.1 Å². The number of rotatable bonds is 8. The van der Waals surface area contributed by atoms with Crippen LogP contribution in [0.2, 0.25) is 10.0 Å². The summed E-state index contributed by atoms with van der Waals surface area (Å²) < 4.78 is 16.3. The highest BCUT2D eigenvalue weighted by atomic mass is 35.5. The van der Waals surface area contributed by atoms with Crippen molar-refractivity contribution in [3.63, 3.8) is 0 Å². The Morgan fingerprint density at radius 1 is 1.00 bits per heavy atom. The standard InChI is InChI=1S/C32H33Cl2N7O5/c1-32(2,3)46-30(42)38-22-12-7-6-11-21(22)37-29-36-15-19-17-40(27-25(33)23(44-4)14-24(45-5)26(27)34)31(43)41(28(19)39-29)16-18-9-8-10-20(35)13-18/h6-15H,16-17,35H2,1-5H3,(H,38,42)(H,36,37,39). The molecule has 240 valence electrons. The highest BCUT2D eigenvalue weighted by Crippen LogP contribution is 2.48. The molecule has 3 amide bonds. The second-order valence-corrected chi connectivity index (χ2v) is 12.1. The van der Waals surface area contributed by atoms with E-state index in [9.17, 15) is 9.59 Å². The normalized spacial score (nSPS) is 12.8. The van der Waals surface area contributed by atoms with E-state index in [1.165, 1.54) is 24.0 Å². The molecule has 0 unspecified atom stereocenters. The lowest BCUT2D eigenvalue weighted by Gasteiger charge is -2.37. The quantitative estimate of drug-likeness (QED) is 0.162. The molecule has 0 fully saturated rings. The molecule has 2 heterocycles. The number of carbonyl (C=O) groups is 2. The van der Waals surface area contributed by atoms with Gasteiger partial charge in [-0.05, 0) is 50.6 Å². The number of amides is 3. The topological polar surface area (TPSA) is 144 Å². The van der Waals surface area contributed by atoms with Crippen LogP contribution in [0.5, 0.6) is 11.5 Å². The lowest BCUT2D eigenvalue weighted by molar-refractivity contribution is 0.0636. The predicted octanol–water partition coefficient (Wildman–Crippen LogP) is 7.62. The zero-order valence-corrected chi connectivity index (χ0v) is 27.4. The molecule has 1 aliphatic rings. The molecular formula is C32H33Cl2N7O5. The van der Waals surface area contributed by atoms with E-state index in [4.69, 9.17) is 48.1 Å². The molecule has 4 aromatic rings. The third kappa shape index (κ3) is 6.98. The van der Waals surface area contributed by atoms with Crippen LogP contribution in [0.25, 0.3) is 0 Å². The predicted molar refractivity (Wildman–Crippen MR) is 180 cm³/mol. The van der Waals surface area contributed by atoms with Crippen molar-refractivity contribution in [3.05, 3.63) is 82.0 Å². The highest BCUT2D eigenvalue weighted by Gasteiger charge is 2.37. The molecule has 0 aliphatic carbocycles. The van der Waals surface area contributed by atoms with Crippen molar-refractivity contribution in [2.75, 3.05) is 40.4 Å². The van der Waals surface area contributed by atoms with Crippen molar-refractivity contribution in [2.24, 2.45) is 0 Å². The minimum atomic E-state index is -0.675. The van der Waals surface area contributed by atoms with Crippen LogP contribution in [0, 0.1) is 0 Å². The molecule has 12 nitrogen and oxygen atoms in total. The summed E-state index contributed by atoms with van der Waals surface area (Å²) in [6, 6.07) is 15.3. The van der Waals surface area contributed by atoms with E-state index in [0.717, 1.165) is 5.56 Å². The molecular weight excluding hydrogens is 633 g/mol. The number of nitrogens with two attached hydrogens (primary N) is 1. The summed E-state index contributed by atoms with van der Waals surface area (Å²) in [6.07, 6.45) is 0.998. The smallest absolute Gasteiger partial charge is 0.412 e. The minimum absolute atomic E-state index is 0.0500. The number of para-hydroxylation sites is 2. The monoisotopic (exact) mass is 665 g/mol. The molecule has 0 bridgehead atoms. The van der Waals surface area contributed by atoms with Gasteiger partial charge in [0.05, 0.1) is 44.4 Å². The number of fused-ring (bicyclic) bond motifs is 1. The van der Waals surface area contributed by atoms with E-state index in [-0.39, 0.29) is 46.3 Å². The zero-order valence-electron chi connectivity index (χ0n) is 25.9. The van der Waals surface area contributed by atoms with Crippen molar-refractivity contribution in [3.8, 4) is 11.5 Å².